The number of aromatic nitrogens is 1. The predicted molar refractivity (Wildman–Crippen MR) is 149 cm³/mol. The average Bonchev–Trinajstić information content (AvgIpc) is 3.00. The Balaban J connectivity index is 1.46. The van der Waals surface area contributed by atoms with Crippen molar-refractivity contribution in [2.45, 2.75) is 18.9 Å². The fraction of sp³-hybridized carbons (Fsp3) is 0.219. The minimum absolute atomic E-state index is 0.0958. The summed E-state index contributed by atoms with van der Waals surface area (Å²) in [5.41, 5.74) is 3.25. The van der Waals surface area contributed by atoms with Crippen LogP contribution in [-0.4, -0.2) is 48.5 Å². The number of hydrogen-bond acceptors (Lipinski definition) is 6. The highest BCUT2D eigenvalue weighted by Crippen LogP contribution is 2.41. The molecule has 208 valence electrons. The predicted octanol–water partition coefficient (Wildman–Crippen LogP) is 5.32. The van der Waals surface area contributed by atoms with Gasteiger partial charge in [-0.15, -0.1) is 0 Å². The Morgan fingerprint density at radius 2 is 1.95 bits per heavy atom. The van der Waals surface area contributed by atoms with Gasteiger partial charge < -0.3 is 24.4 Å². The first-order chi connectivity index (χ1) is 20.0. The third kappa shape index (κ3) is 5.30. The number of methoxy groups -OCH3 is 1. The van der Waals surface area contributed by atoms with E-state index in [2.05, 4.69) is 10.3 Å². The van der Waals surface area contributed by atoms with E-state index in [0.717, 1.165) is 16.7 Å². The van der Waals surface area contributed by atoms with Crippen LogP contribution >= 0.6 is 0 Å². The number of pyridine rings is 1. The molecule has 1 unspecified atom stereocenters. The van der Waals surface area contributed by atoms with Gasteiger partial charge in [-0.3, -0.25) is 14.6 Å². The van der Waals surface area contributed by atoms with Gasteiger partial charge in [0.2, 0.25) is 0 Å². The molecule has 0 saturated carbocycles. The number of fused-ring (bicyclic) bond motifs is 6. The topological polar surface area (TPSA) is 90.0 Å². The third-order valence-electron chi connectivity index (χ3n) is 7.30. The molecular formula is C32H28FN3O5. The lowest BCUT2D eigenvalue weighted by molar-refractivity contribution is 0.0693. The van der Waals surface area contributed by atoms with Gasteiger partial charge >= 0.3 is 0 Å². The molecule has 0 radical (unpaired) electrons. The van der Waals surface area contributed by atoms with E-state index in [9.17, 15) is 14.0 Å². The number of carbonyl (C=O) groups excluding carboxylic acids is 2. The second-order valence-corrected chi connectivity index (χ2v) is 9.87. The zero-order valence-corrected chi connectivity index (χ0v) is 22.4. The molecule has 0 fully saturated rings. The number of nitrogens with zero attached hydrogens (tertiary/aromatic N) is 2. The number of carbonyl (C=O) groups is 2. The molecule has 1 atom stereocenters. The molecule has 8 nitrogen and oxygen atoms in total. The van der Waals surface area contributed by atoms with Gasteiger partial charge in [0.25, 0.3) is 11.8 Å². The van der Waals surface area contributed by atoms with Crippen LogP contribution in [0.2, 0.25) is 0 Å². The van der Waals surface area contributed by atoms with Crippen molar-refractivity contribution in [3.05, 3.63) is 113 Å². The molecule has 3 aromatic carbocycles. The Bertz CT molecular complexity index is 1610. The van der Waals surface area contributed by atoms with E-state index in [1.54, 1.807) is 31.6 Å². The molecule has 41 heavy (non-hydrogen) atoms. The molecule has 4 heterocycles. The molecule has 0 saturated heterocycles. The number of amides is 2. The smallest absolute Gasteiger partial charge is 0.256 e. The summed E-state index contributed by atoms with van der Waals surface area (Å²) >= 11 is 0. The summed E-state index contributed by atoms with van der Waals surface area (Å²) in [6.07, 6.45) is 4.31. The monoisotopic (exact) mass is 553 g/mol. The minimum atomic E-state index is -0.631. The first kappa shape index (κ1) is 26.3. The standard InChI is InChI=1S/C32H28FN3O5/c1-39-28-10-5-21-17-29(28)40-15-3-13-35-31(37)26-18-24(7-9-27(26)33)41-23-6-8-25-20(16-23)11-14-36(30(21)25)32(38)22-4-2-12-34-19-22/h2,4-10,12,16-19,30H,3,11,13-15H2,1H3,(H,35,37). The Morgan fingerprint density at radius 3 is 2.78 bits per heavy atom. The van der Waals surface area contributed by atoms with Crippen LogP contribution in [0.3, 0.4) is 0 Å². The highest BCUT2D eigenvalue weighted by atomic mass is 19.1. The van der Waals surface area contributed by atoms with Crippen LogP contribution in [0.4, 0.5) is 4.39 Å². The normalized spacial score (nSPS) is 16.5. The second-order valence-electron chi connectivity index (χ2n) is 9.87. The molecular weight excluding hydrogens is 525 g/mol. The van der Waals surface area contributed by atoms with E-state index in [-0.39, 0.29) is 24.6 Å². The van der Waals surface area contributed by atoms with Gasteiger partial charge in [0.1, 0.15) is 17.3 Å². The van der Waals surface area contributed by atoms with Crippen molar-refractivity contribution >= 4 is 11.8 Å². The van der Waals surface area contributed by atoms with Crippen LogP contribution in [0, 0.1) is 5.82 Å². The molecule has 2 amide bonds. The molecule has 0 spiro atoms. The van der Waals surface area contributed by atoms with Gasteiger partial charge in [-0.05, 0) is 84.1 Å². The van der Waals surface area contributed by atoms with Crippen molar-refractivity contribution in [2.24, 2.45) is 0 Å². The van der Waals surface area contributed by atoms with Crippen LogP contribution < -0.4 is 19.5 Å². The van der Waals surface area contributed by atoms with Crippen molar-refractivity contribution < 1.29 is 28.2 Å². The Morgan fingerprint density at radius 1 is 1.10 bits per heavy atom. The van der Waals surface area contributed by atoms with Crippen molar-refractivity contribution in [2.75, 3.05) is 26.8 Å². The van der Waals surface area contributed by atoms with Crippen molar-refractivity contribution in [3.8, 4) is 23.0 Å². The molecule has 8 bridgehead atoms. The molecule has 3 aliphatic rings. The first-order valence-corrected chi connectivity index (χ1v) is 13.4. The first-order valence-electron chi connectivity index (χ1n) is 13.4. The molecule has 4 aromatic rings. The lowest BCUT2D eigenvalue weighted by Crippen LogP contribution is -2.40. The zero-order chi connectivity index (χ0) is 28.3. The molecule has 1 N–H and O–H groups in total. The van der Waals surface area contributed by atoms with Gasteiger partial charge in [0.05, 0.1) is 30.9 Å². The van der Waals surface area contributed by atoms with Gasteiger partial charge in [-0.2, -0.15) is 0 Å². The maximum Gasteiger partial charge on any atom is 0.256 e. The van der Waals surface area contributed by atoms with E-state index in [1.165, 1.54) is 18.2 Å². The average molecular weight is 554 g/mol. The molecule has 9 heteroatoms. The lowest BCUT2D eigenvalue weighted by Gasteiger charge is -2.38. The van der Waals surface area contributed by atoms with E-state index in [0.29, 0.717) is 47.9 Å². The summed E-state index contributed by atoms with van der Waals surface area (Å²) in [6.45, 7) is 1.04. The van der Waals surface area contributed by atoms with Crippen LogP contribution in [-0.2, 0) is 6.42 Å². The fourth-order valence-corrected chi connectivity index (χ4v) is 5.31. The SMILES string of the molecule is COc1ccc2cc1OCCCNC(=O)c1cc(ccc1F)Oc1ccc3c(c1)CCN(C(=O)c1cccnc1)C23. The number of ether oxygens (including phenoxy) is 3. The maximum absolute atomic E-state index is 14.5. The van der Waals surface area contributed by atoms with Crippen LogP contribution in [0.1, 0.15) is 49.9 Å². The number of halogens is 1. The van der Waals surface area contributed by atoms with Gasteiger partial charge in [0, 0.05) is 25.5 Å². The van der Waals surface area contributed by atoms with Gasteiger partial charge in [-0.25, -0.2) is 4.39 Å². The number of rotatable bonds is 2. The van der Waals surface area contributed by atoms with E-state index < -0.39 is 17.8 Å². The summed E-state index contributed by atoms with van der Waals surface area (Å²) in [5, 5.41) is 2.74. The van der Waals surface area contributed by atoms with Crippen LogP contribution in [0.25, 0.3) is 0 Å². The summed E-state index contributed by atoms with van der Waals surface area (Å²) in [5.74, 6) is 0.694. The Kier molecular flexibility index (Phi) is 7.24. The molecule has 0 aliphatic carbocycles. The largest absolute Gasteiger partial charge is 0.493 e. The molecule has 7 rings (SSSR count). The fourth-order valence-electron chi connectivity index (χ4n) is 5.31. The third-order valence-corrected chi connectivity index (χ3v) is 7.30. The van der Waals surface area contributed by atoms with Crippen molar-refractivity contribution in [1.82, 2.24) is 15.2 Å². The van der Waals surface area contributed by atoms with Crippen molar-refractivity contribution in [3.63, 3.8) is 0 Å². The van der Waals surface area contributed by atoms with Crippen molar-refractivity contribution in [1.29, 1.82) is 0 Å². The highest BCUT2D eigenvalue weighted by Gasteiger charge is 2.33. The Labute approximate surface area is 236 Å². The van der Waals surface area contributed by atoms with E-state index in [4.69, 9.17) is 14.2 Å². The molecule has 1 aromatic heterocycles. The summed E-state index contributed by atoms with van der Waals surface area (Å²) in [4.78, 5) is 32.4. The van der Waals surface area contributed by atoms with E-state index in [1.807, 2.05) is 41.3 Å². The Hall–Kier alpha value is -4.92. The zero-order valence-electron chi connectivity index (χ0n) is 22.4. The maximum atomic E-state index is 14.5. The molecule has 3 aliphatic heterocycles. The quantitative estimate of drug-likeness (QED) is 0.361. The number of hydrogen-bond donors (Lipinski definition) is 1. The summed E-state index contributed by atoms with van der Waals surface area (Å²) in [6, 6.07) is 18.6. The van der Waals surface area contributed by atoms with Crippen LogP contribution in [0.15, 0.2) is 79.1 Å². The van der Waals surface area contributed by atoms with Gasteiger partial charge in [-0.1, -0.05) is 12.1 Å². The number of benzene rings is 3. The van der Waals surface area contributed by atoms with E-state index >= 15 is 0 Å². The van der Waals surface area contributed by atoms with Gasteiger partial charge in [0.15, 0.2) is 11.5 Å². The minimum Gasteiger partial charge on any atom is -0.493 e. The lowest BCUT2D eigenvalue weighted by atomic mass is 9.87. The number of nitrogens with one attached hydrogen (secondary N) is 1. The second kappa shape index (κ2) is 11.3. The summed E-state index contributed by atoms with van der Waals surface area (Å²) < 4.78 is 32.2. The highest BCUT2D eigenvalue weighted by molar-refractivity contribution is 5.95. The summed E-state index contributed by atoms with van der Waals surface area (Å²) in [7, 11) is 1.57. The van der Waals surface area contributed by atoms with Crippen LogP contribution in [0.5, 0.6) is 23.0 Å².